The van der Waals surface area contributed by atoms with Crippen LogP contribution in [0.5, 0.6) is 0 Å². The summed E-state index contributed by atoms with van der Waals surface area (Å²) in [7, 11) is 0. The van der Waals surface area contributed by atoms with Crippen molar-refractivity contribution in [1.29, 1.82) is 0 Å². The zero-order valence-electron chi connectivity index (χ0n) is 14.5. The van der Waals surface area contributed by atoms with Crippen LogP contribution in [0.4, 0.5) is 0 Å². The highest BCUT2D eigenvalue weighted by Gasteiger charge is 2.34. The van der Waals surface area contributed by atoms with E-state index < -0.39 is 0 Å². The summed E-state index contributed by atoms with van der Waals surface area (Å²) in [6.45, 7) is 5.80. The molecule has 1 saturated heterocycles. The minimum Gasteiger partial charge on any atom is -0.393 e. The number of rotatable bonds is 7. The highest BCUT2D eigenvalue weighted by molar-refractivity contribution is 4.91. The second-order valence-corrected chi connectivity index (χ2v) is 8.19. The topological polar surface area (TPSA) is 35.5 Å². The van der Waals surface area contributed by atoms with Crippen LogP contribution in [-0.4, -0.2) is 47.8 Å². The van der Waals surface area contributed by atoms with Crippen LogP contribution >= 0.6 is 0 Å². The van der Waals surface area contributed by atoms with E-state index in [-0.39, 0.29) is 6.10 Å². The van der Waals surface area contributed by atoms with E-state index in [9.17, 15) is 5.11 Å². The summed E-state index contributed by atoms with van der Waals surface area (Å²) in [5.41, 5.74) is 0. The number of nitrogens with one attached hydrogen (secondary N) is 1. The summed E-state index contributed by atoms with van der Waals surface area (Å²) in [4.78, 5) is 2.74. The zero-order chi connectivity index (χ0) is 15.4. The third-order valence-corrected chi connectivity index (χ3v) is 6.40. The molecule has 3 aliphatic rings. The third kappa shape index (κ3) is 4.46. The predicted octanol–water partition coefficient (Wildman–Crippen LogP) is 3.17. The van der Waals surface area contributed by atoms with Gasteiger partial charge in [-0.05, 0) is 63.3 Å². The molecule has 3 unspecified atom stereocenters. The van der Waals surface area contributed by atoms with Gasteiger partial charge in [0, 0.05) is 25.2 Å². The molecule has 22 heavy (non-hydrogen) atoms. The largest absolute Gasteiger partial charge is 0.393 e. The van der Waals surface area contributed by atoms with Gasteiger partial charge in [-0.1, -0.05) is 26.2 Å². The normalized spacial score (nSPS) is 33.0. The number of aliphatic hydroxyl groups excluding tert-OH is 1. The number of aliphatic hydroxyl groups is 1. The summed E-state index contributed by atoms with van der Waals surface area (Å²) < 4.78 is 0. The Balaban J connectivity index is 1.50. The highest BCUT2D eigenvalue weighted by Crippen LogP contribution is 2.31. The first-order chi connectivity index (χ1) is 10.7. The van der Waals surface area contributed by atoms with E-state index in [1.807, 2.05) is 0 Å². The van der Waals surface area contributed by atoms with Gasteiger partial charge in [0.2, 0.25) is 0 Å². The van der Waals surface area contributed by atoms with Crippen LogP contribution in [0.3, 0.4) is 0 Å². The quantitative estimate of drug-likeness (QED) is 0.758. The molecule has 3 rings (SSSR count). The molecule has 1 heterocycles. The number of hydrogen-bond acceptors (Lipinski definition) is 3. The zero-order valence-corrected chi connectivity index (χ0v) is 14.5. The fourth-order valence-corrected chi connectivity index (χ4v) is 4.71. The Morgan fingerprint density at radius 3 is 2.45 bits per heavy atom. The lowest BCUT2D eigenvalue weighted by Crippen LogP contribution is -2.55. The van der Waals surface area contributed by atoms with Gasteiger partial charge < -0.3 is 10.4 Å². The van der Waals surface area contributed by atoms with Crippen LogP contribution in [0.2, 0.25) is 0 Å². The SMILES string of the molecule is CCC(O)CC1CC(NCC2CCCC2)CN(C2CCC2)C1. The summed E-state index contributed by atoms with van der Waals surface area (Å²) in [5, 5.41) is 14.0. The molecular formula is C19H36N2O. The van der Waals surface area contributed by atoms with Crippen molar-refractivity contribution >= 4 is 0 Å². The van der Waals surface area contributed by atoms with Crippen LogP contribution in [-0.2, 0) is 0 Å². The van der Waals surface area contributed by atoms with Crippen molar-refractivity contribution in [2.45, 2.75) is 89.3 Å². The maximum absolute atomic E-state index is 10.1. The Hall–Kier alpha value is -0.120. The van der Waals surface area contributed by atoms with E-state index in [4.69, 9.17) is 0 Å². The monoisotopic (exact) mass is 308 g/mol. The maximum atomic E-state index is 10.1. The van der Waals surface area contributed by atoms with E-state index in [2.05, 4.69) is 17.1 Å². The molecule has 0 aromatic carbocycles. The van der Waals surface area contributed by atoms with Crippen LogP contribution < -0.4 is 5.32 Å². The molecule has 0 bridgehead atoms. The van der Waals surface area contributed by atoms with Gasteiger partial charge in [-0.2, -0.15) is 0 Å². The van der Waals surface area contributed by atoms with Gasteiger partial charge in [0.05, 0.1) is 6.10 Å². The van der Waals surface area contributed by atoms with E-state index in [1.165, 1.54) is 71.0 Å². The lowest BCUT2D eigenvalue weighted by atomic mass is 9.84. The van der Waals surface area contributed by atoms with E-state index in [0.717, 1.165) is 24.8 Å². The summed E-state index contributed by atoms with van der Waals surface area (Å²) in [5.74, 6) is 1.61. The molecule has 0 aromatic rings. The van der Waals surface area contributed by atoms with Crippen molar-refractivity contribution in [1.82, 2.24) is 10.2 Å². The van der Waals surface area contributed by atoms with Crippen molar-refractivity contribution < 1.29 is 5.11 Å². The van der Waals surface area contributed by atoms with Crippen LogP contribution in [0.1, 0.15) is 71.1 Å². The fraction of sp³-hybridized carbons (Fsp3) is 1.00. The summed E-state index contributed by atoms with van der Waals surface area (Å²) in [6.07, 6.45) is 13.1. The molecule has 0 radical (unpaired) electrons. The highest BCUT2D eigenvalue weighted by atomic mass is 16.3. The Morgan fingerprint density at radius 1 is 1.05 bits per heavy atom. The lowest BCUT2D eigenvalue weighted by molar-refractivity contribution is 0.0365. The van der Waals surface area contributed by atoms with E-state index >= 15 is 0 Å². The van der Waals surface area contributed by atoms with Crippen molar-refractivity contribution in [3.05, 3.63) is 0 Å². The molecule has 3 nitrogen and oxygen atoms in total. The molecule has 2 saturated carbocycles. The van der Waals surface area contributed by atoms with Gasteiger partial charge in [-0.3, -0.25) is 4.90 Å². The molecule has 0 amide bonds. The average molecular weight is 309 g/mol. The minimum absolute atomic E-state index is 0.0955. The first kappa shape index (κ1) is 16.7. The third-order valence-electron chi connectivity index (χ3n) is 6.40. The predicted molar refractivity (Wildman–Crippen MR) is 92.0 cm³/mol. The van der Waals surface area contributed by atoms with Gasteiger partial charge >= 0.3 is 0 Å². The number of hydrogen-bond donors (Lipinski definition) is 2. The molecular weight excluding hydrogens is 272 g/mol. The Labute approximate surface area is 136 Å². The molecule has 3 heteroatoms. The molecule has 2 N–H and O–H groups in total. The maximum Gasteiger partial charge on any atom is 0.0540 e. The van der Waals surface area contributed by atoms with Crippen molar-refractivity contribution in [3.8, 4) is 0 Å². The van der Waals surface area contributed by atoms with Gasteiger partial charge in [0.1, 0.15) is 0 Å². The molecule has 3 atom stereocenters. The lowest BCUT2D eigenvalue weighted by Gasteiger charge is -2.46. The standard InChI is InChI=1S/C19H36N2O/c1-2-19(22)11-16-10-17(20-12-15-6-3-4-7-15)14-21(13-16)18-8-5-9-18/h15-20,22H,2-14H2,1H3. The van der Waals surface area contributed by atoms with Crippen LogP contribution in [0.25, 0.3) is 0 Å². The molecule has 0 aromatic heterocycles. The van der Waals surface area contributed by atoms with Crippen molar-refractivity contribution in [2.24, 2.45) is 11.8 Å². The van der Waals surface area contributed by atoms with Gasteiger partial charge in [-0.15, -0.1) is 0 Å². The number of piperidine rings is 1. The smallest absolute Gasteiger partial charge is 0.0540 e. The van der Waals surface area contributed by atoms with E-state index in [0.29, 0.717) is 12.0 Å². The van der Waals surface area contributed by atoms with Crippen molar-refractivity contribution in [2.75, 3.05) is 19.6 Å². The molecule has 1 aliphatic heterocycles. The van der Waals surface area contributed by atoms with Crippen LogP contribution in [0, 0.1) is 11.8 Å². The number of likely N-dealkylation sites (tertiary alicyclic amines) is 1. The second-order valence-electron chi connectivity index (χ2n) is 8.19. The first-order valence-corrected chi connectivity index (χ1v) is 9.90. The Kier molecular flexibility index (Phi) is 6.17. The molecule has 3 fully saturated rings. The van der Waals surface area contributed by atoms with Gasteiger partial charge in [0.25, 0.3) is 0 Å². The van der Waals surface area contributed by atoms with Crippen molar-refractivity contribution in [3.63, 3.8) is 0 Å². The van der Waals surface area contributed by atoms with Gasteiger partial charge in [-0.25, -0.2) is 0 Å². The average Bonchev–Trinajstić information content (AvgIpc) is 2.96. The van der Waals surface area contributed by atoms with Gasteiger partial charge in [0.15, 0.2) is 0 Å². The second kappa shape index (κ2) is 8.12. The molecule has 128 valence electrons. The van der Waals surface area contributed by atoms with Crippen LogP contribution in [0.15, 0.2) is 0 Å². The Bertz CT molecular complexity index is 325. The fourth-order valence-electron chi connectivity index (χ4n) is 4.71. The Morgan fingerprint density at radius 2 is 1.82 bits per heavy atom. The molecule has 2 aliphatic carbocycles. The minimum atomic E-state index is -0.0955. The summed E-state index contributed by atoms with van der Waals surface area (Å²) in [6, 6.07) is 1.50. The summed E-state index contributed by atoms with van der Waals surface area (Å²) >= 11 is 0. The first-order valence-electron chi connectivity index (χ1n) is 9.90. The molecule has 0 spiro atoms. The number of nitrogens with zero attached hydrogens (tertiary/aromatic N) is 1. The van der Waals surface area contributed by atoms with E-state index in [1.54, 1.807) is 0 Å².